The van der Waals surface area contributed by atoms with Crippen LogP contribution in [0.5, 0.6) is 0 Å². The standard InChI is InChI=1S/C22H23N5OS/c1-2-12-26(13-3-1)21-24-25-22(27(21)15-19-10-6-14-28-19)29-16-18-8-4-7-17-9-5-11-23-20(17)18/h4-11,14H,1-3,12-13,15-16H2. The van der Waals surface area contributed by atoms with Crippen LogP contribution in [0, 0.1) is 0 Å². The van der Waals surface area contributed by atoms with E-state index in [1.54, 1.807) is 18.0 Å². The van der Waals surface area contributed by atoms with Gasteiger partial charge in [0.1, 0.15) is 5.76 Å². The molecule has 0 saturated carbocycles. The molecular weight excluding hydrogens is 382 g/mol. The normalized spacial score (nSPS) is 14.6. The highest BCUT2D eigenvalue weighted by molar-refractivity contribution is 7.98. The number of hydrogen-bond acceptors (Lipinski definition) is 6. The monoisotopic (exact) mass is 405 g/mol. The summed E-state index contributed by atoms with van der Waals surface area (Å²) in [6, 6.07) is 14.3. The quantitative estimate of drug-likeness (QED) is 0.432. The van der Waals surface area contributed by atoms with Gasteiger partial charge in [0.2, 0.25) is 5.95 Å². The molecule has 29 heavy (non-hydrogen) atoms. The van der Waals surface area contributed by atoms with Gasteiger partial charge in [-0.25, -0.2) is 0 Å². The van der Waals surface area contributed by atoms with Gasteiger partial charge in [-0.2, -0.15) is 0 Å². The molecule has 148 valence electrons. The molecule has 7 heteroatoms. The first-order valence-electron chi connectivity index (χ1n) is 10.0. The third kappa shape index (κ3) is 3.87. The average molecular weight is 406 g/mol. The number of hydrogen-bond donors (Lipinski definition) is 0. The van der Waals surface area contributed by atoms with Crippen molar-refractivity contribution in [2.75, 3.05) is 18.0 Å². The summed E-state index contributed by atoms with van der Waals surface area (Å²) >= 11 is 1.70. The Bertz CT molecular complexity index is 1080. The highest BCUT2D eigenvalue weighted by atomic mass is 32.2. The van der Waals surface area contributed by atoms with Crippen LogP contribution in [0.1, 0.15) is 30.6 Å². The Morgan fingerprint density at radius 3 is 2.72 bits per heavy atom. The summed E-state index contributed by atoms with van der Waals surface area (Å²) in [6.07, 6.45) is 7.27. The number of rotatable bonds is 6. The van der Waals surface area contributed by atoms with Crippen LogP contribution >= 0.6 is 11.8 Å². The Morgan fingerprint density at radius 1 is 0.966 bits per heavy atom. The second-order valence-corrected chi connectivity index (χ2v) is 8.22. The van der Waals surface area contributed by atoms with Gasteiger partial charge in [0, 0.05) is 30.4 Å². The average Bonchev–Trinajstić information content (AvgIpc) is 3.43. The van der Waals surface area contributed by atoms with Crippen molar-refractivity contribution in [3.05, 3.63) is 66.2 Å². The molecule has 0 spiro atoms. The number of furan rings is 1. The number of fused-ring (bicyclic) bond motifs is 1. The van der Waals surface area contributed by atoms with E-state index in [1.807, 2.05) is 24.4 Å². The summed E-state index contributed by atoms with van der Waals surface area (Å²) in [4.78, 5) is 6.93. The molecule has 0 aliphatic carbocycles. The van der Waals surface area contributed by atoms with Crippen molar-refractivity contribution >= 4 is 28.6 Å². The molecule has 0 unspecified atom stereocenters. The minimum atomic E-state index is 0.641. The Kier molecular flexibility index (Phi) is 5.21. The summed E-state index contributed by atoms with van der Waals surface area (Å²) in [5, 5.41) is 11.2. The molecule has 1 fully saturated rings. The SMILES string of the molecule is c1coc(Cn2c(SCc3cccc4cccnc34)nnc2N2CCCCC2)c1. The van der Waals surface area contributed by atoms with Crippen molar-refractivity contribution in [1.29, 1.82) is 0 Å². The van der Waals surface area contributed by atoms with Crippen LogP contribution in [0.2, 0.25) is 0 Å². The van der Waals surface area contributed by atoms with Crippen LogP contribution in [0.4, 0.5) is 5.95 Å². The van der Waals surface area contributed by atoms with Gasteiger partial charge in [-0.3, -0.25) is 9.55 Å². The van der Waals surface area contributed by atoms with Crippen molar-refractivity contribution in [2.45, 2.75) is 36.7 Å². The molecule has 0 amide bonds. The van der Waals surface area contributed by atoms with Gasteiger partial charge in [0.05, 0.1) is 18.3 Å². The number of aromatic nitrogens is 4. The van der Waals surface area contributed by atoms with Crippen LogP contribution in [0.15, 0.2) is 64.5 Å². The summed E-state index contributed by atoms with van der Waals surface area (Å²) in [5.41, 5.74) is 2.26. The van der Waals surface area contributed by atoms with E-state index in [0.717, 1.165) is 46.6 Å². The summed E-state index contributed by atoms with van der Waals surface area (Å²) in [6.45, 7) is 2.71. The molecule has 0 bridgehead atoms. The number of piperidine rings is 1. The fourth-order valence-electron chi connectivity index (χ4n) is 3.84. The van der Waals surface area contributed by atoms with Crippen molar-refractivity contribution in [3.8, 4) is 0 Å². The summed E-state index contributed by atoms with van der Waals surface area (Å²) in [5.74, 6) is 2.65. The van der Waals surface area contributed by atoms with Crippen molar-refractivity contribution in [1.82, 2.24) is 19.7 Å². The number of anilines is 1. The molecule has 1 aromatic carbocycles. The van der Waals surface area contributed by atoms with Crippen molar-refractivity contribution in [3.63, 3.8) is 0 Å². The van der Waals surface area contributed by atoms with E-state index in [-0.39, 0.29) is 0 Å². The first-order valence-corrected chi connectivity index (χ1v) is 11.0. The van der Waals surface area contributed by atoms with E-state index in [4.69, 9.17) is 4.42 Å². The molecule has 6 nitrogen and oxygen atoms in total. The minimum Gasteiger partial charge on any atom is -0.467 e. The number of benzene rings is 1. The number of thioether (sulfide) groups is 1. The first kappa shape index (κ1) is 18.2. The highest BCUT2D eigenvalue weighted by Crippen LogP contribution is 2.29. The maximum atomic E-state index is 5.61. The molecule has 0 atom stereocenters. The Hall–Kier alpha value is -2.80. The maximum absolute atomic E-state index is 5.61. The fraction of sp³-hybridized carbons (Fsp3) is 0.318. The van der Waals surface area contributed by atoms with Crippen molar-refractivity contribution in [2.24, 2.45) is 0 Å². The number of pyridine rings is 1. The molecule has 0 N–H and O–H groups in total. The third-order valence-corrected chi connectivity index (χ3v) is 6.32. The predicted octanol–water partition coefficient (Wildman–Crippen LogP) is 4.75. The molecule has 5 rings (SSSR count). The largest absolute Gasteiger partial charge is 0.467 e. The van der Waals surface area contributed by atoms with Crippen LogP contribution in [-0.4, -0.2) is 32.8 Å². The summed E-state index contributed by atoms with van der Waals surface area (Å²) < 4.78 is 7.80. The third-order valence-electron chi connectivity index (χ3n) is 5.30. The van der Waals surface area contributed by atoms with Crippen LogP contribution < -0.4 is 4.90 Å². The van der Waals surface area contributed by atoms with E-state index < -0.39 is 0 Å². The van der Waals surface area contributed by atoms with Gasteiger partial charge in [0.15, 0.2) is 5.16 Å². The molecule has 1 aliphatic heterocycles. The lowest BCUT2D eigenvalue weighted by Gasteiger charge is -2.27. The zero-order chi connectivity index (χ0) is 19.5. The maximum Gasteiger partial charge on any atom is 0.228 e. The van der Waals surface area contributed by atoms with E-state index in [0.29, 0.717) is 6.54 Å². The second kappa shape index (κ2) is 8.29. The van der Waals surface area contributed by atoms with Crippen LogP contribution in [0.3, 0.4) is 0 Å². The minimum absolute atomic E-state index is 0.641. The van der Waals surface area contributed by atoms with Gasteiger partial charge in [-0.1, -0.05) is 36.0 Å². The van der Waals surface area contributed by atoms with E-state index in [9.17, 15) is 0 Å². The van der Waals surface area contributed by atoms with Gasteiger partial charge in [0.25, 0.3) is 0 Å². The fourth-order valence-corrected chi connectivity index (χ4v) is 4.76. The zero-order valence-corrected chi connectivity index (χ0v) is 17.0. The second-order valence-electron chi connectivity index (χ2n) is 7.28. The highest BCUT2D eigenvalue weighted by Gasteiger charge is 2.21. The van der Waals surface area contributed by atoms with Crippen LogP contribution in [0.25, 0.3) is 10.9 Å². The van der Waals surface area contributed by atoms with Gasteiger partial charge in [-0.15, -0.1) is 10.2 Å². The predicted molar refractivity (Wildman–Crippen MR) is 115 cm³/mol. The van der Waals surface area contributed by atoms with Crippen LogP contribution in [-0.2, 0) is 12.3 Å². The lowest BCUT2D eigenvalue weighted by Crippen LogP contribution is -2.32. The number of nitrogens with zero attached hydrogens (tertiary/aromatic N) is 5. The molecular formula is C22H23N5OS. The van der Waals surface area contributed by atoms with E-state index in [2.05, 4.69) is 48.9 Å². The zero-order valence-electron chi connectivity index (χ0n) is 16.2. The Morgan fingerprint density at radius 2 is 1.86 bits per heavy atom. The molecule has 4 aromatic rings. The van der Waals surface area contributed by atoms with Gasteiger partial charge in [-0.05, 0) is 43.0 Å². The van der Waals surface area contributed by atoms with Gasteiger partial charge >= 0.3 is 0 Å². The summed E-state index contributed by atoms with van der Waals surface area (Å²) in [7, 11) is 0. The van der Waals surface area contributed by atoms with E-state index >= 15 is 0 Å². The topological polar surface area (TPSA) is 60.0 Å². The lowest BCUT2D eigenvalue weighted by molar-refractivity contribution is 0.479. The Labute approximate surface area is 173 Å². The van der Waals surface area contributed by atoms with Crippen molar-refractivity contribution < 1.29 is 4.42 Å². The molecule has 1 aliphatic rings. The molecule has 4 heterocycles. The number of para-hydroxylation sites is 1. The van der Waals surface area contributed by atoms with Gasteiger partial charge < -0.3 is 9.32 Å². The van der Waals surface area contributed by atoms with E-state index in [1.165, 1.54) is 24.8 Å². The smallest absolute Gasteiger partial charge is 0.228 e. The Balaban J connectivity index is 1.43. The molecule has 0 radical (unpaired) electrons. The lowest BCUT2D eigenvalue weighted by atomic mass is 10.1. The molecule has 3 aromatic heterocycles. The first-order chi connectivity index (χ1) is 14.4. The molecule has 1 saturated heterocycles.